The number of aromatic nitrogens is 3. The van der Waals surface area contributed by atoms with Crippen molar-refractivity contribution in [1.29, 1.82) is 0 Å². The van der Waals surface area contributed by atoms with Crippen LogP contribution in [0.2, 0.25) is 0 Å². The molecule has 6 heteroatoms. The molecule has 6 nitrogen and oxygen atoms in total. The molecule has 1 unspecified atom stereocenters. The van der Waals surface area contributed by atoms with Crippen molar-refractivity contribution in [2.24, 2.45) is 5.92 Å². The molecular weight excluding hydrogens is 290 g/mol. The number of carbonyl (C=O) groups is 1. The van der Waals surface area contributed by atoms with Crippen molar-refractivity contribution >= 4 is 5.91 Å². The third-order valence-corrected chi connectivity index (χ3v) is 6.04. The average molecular weight is 317 g/mol. The van der Waals surface area contributed by atoms with Gasteiger partial charge in [-0.3, -0.25) is 4.79 Å². The van der Waals surface area contributed by atoms with E-state index in [4.69, 9.17) is 0 Å². The van der Waals surface area contributed by atoms with Gasteiger partial charge < -0.3 is 10.2 Å². The highest BCUT2D eigenvalue weighted by atomic mass is 16.2. The van der Waals surface area contributed by atoms with Crippen LogP contribution in [0.5, 0.6) is 0 Å². The second-order valence-corrected chi connectivity index (χ2v) is 7.35. The minimum atomic E-state index is 0.108. The van der Waals surface area contributed by atoms with Gasteiger partial charge in [0.05, 0.1) is 11.7 Å². The number of nitrogens with zero attached hydrogens (tertiary/aromatic N) is 4. The molecule has 1 aromatic rings. The predicted octanol–water partition coefficient (Wildman–Crippen LogP) is 1.92. The molecule has 0 radical (unpaired) electrons. The Hall–Kier alpha value is -1.43. The topological polar surface area (TPSA) is 63.1 Å². The fourth-order valence-electron chi connectivity index (χ4n) is 4.43. The summed E-state index contributed by atoms with van der Waals surface area (Å²) < 4.78 is 1.99. The maximum absolute atomic E-state index is 13.0. The summed E-state index contributed by atoms with van der Waals surface area (Å²) in [6, 6.07) is 0.825. The van der Waals surface area contributed by atoms with Crippen molar-refractivity contribution in [2.75, 3.05) is 19.6 Å². The van der Waals surface area contributed by atoms with Gasteiger partial charge in [-0.25, -0.2) is 4.68 Å². The molecule has 0 aromatic carbocycles. The monoisotopic (exact) mass is 317 g/mol. The van der Waals surface area contributed by atoms with E-state index in [1.165, 1.54) is 19.3 Å². The number of hydrogen-bond acceptors (Lipinski definition) is 4. The Morgan fingerprint density at radius 2 is 1.91 bits per heavy atom. The molecule has 0 bridgehead atoms. The highest BCUT2D eigenvalue weighted by molar-refractivity contribution is 5.93. The Bertz CT molecular complexity index is 574. The standard InChI is InChI=1S/C17H27N5O/c1-12-16(19-20-22(12)14-7-9-18-10-8-14)17(23)21-11-3-6-15(21)13-4-2-5-13/h13-15,18H,2-11H2,1H3. The lowest BCUT2D eigenvalue weighted by Gasteiger charge is -2.36. The fraction of sp³-hybridized carbons (Fsp3) is 0.824. The first-order valence-electron chi connectivity index (χ1n) is 9.19. The first-order chi connectivity index (χ1) is 11.3. The van der Waals surface area contributed by atoms with E-state index in [2.05, 4.69) is 20.5 Å². The number of amides is 1. The molecule has 3 fully saturated rings. The van der Waals surface area contributed by atoms with Gasteiger partial charge in [0.15, 0.2) is 5.69 Å². The number of rotatable bonds is 3. The lowest BCUT2D eigenvalue weighted by atomic mass is 9.79. The minimum Gasteiger partial charge on any atom is -0.334 e. The number of hydrogen-bond donors (Lipinski definition) is 1. The molecule has 1 saturated carbocycles. The normalized spacial score (nSPS) is 26.5. The summed E-state index contributed by atoms with van der Waals surface area (Å²) in [5, 5.41) is 12.0. The van der Waals surface area contributed by atoms with Gasteiger partial charge in [0.25, 0.3) is 5.91 Å². The molecule has 1 N–H and O–H groups in total. The van der Waals surface area contributed by atoms with Crippen LogP contribution < -0.4 is 5.32 Å². The van der Waals surface area contributed by atoms with Crippen molar-refractivity contribution < 1.29 is 4.79 Å². The summed E-state index contributed by atoms with van der Waals surface area (Å²) in [4.78, 5) is 15.1. The zero-order valence-electron chi connectivity index (χ0n) is 14.0. The van der Waals surface area contributed by atoms with E-state index < -0.39 is 0 Å². The van der Waals surface area contributed by atoms with Gasteiger partial charge in [-0.1, -0.05) is 11.6 Å². The van der Waals surface area contributed by atoms with Crippen LogP contribution in [-0.2, 0) is 0 Å². The number of carbonyl (C=O) groups excluding carboxylic acids is 1. The first-order valence-corrected chi connectivity index (χ1v) is 9.19. The Labute approximate surface area is 137 Å². The molecule has 4 rings (SSSR count). The molecule has 2 saturated heterocycles. The van der Waals surface area contributed by atoms with Gasteiger partial charge in [-0.05, 0) is 64.5 Å². The Morgan fingerprint density at radius 1 is 1.13 bits per heavy atom. The van der Waals surface area contributed by atoms with Gasteiger partial charge in [-0.15, -0.1) is 5.10 Å². The molecule has 1 aliphatic carbocycles. The van der Waals surface area contributed by atoms with Crippen LogP contribution in [0.1, 0.15) is 67.2 Å². The van der Waals surface area contributed by atoms with Crippen LogP contribution >= 0.6 is 0 Å². The largest absolute Gasteiger partial charge is 0.334 e. The van der Waals surface area contributed by atoms with Crippen LogP contribution in [0.3, 0.4) is 0 Å². The minimum absolute atomic E-state index is 0.108. The highest BCUT2D eigenvalue weighted by Gasteiger charge is 2.39. The van der Waals surface area contributed by atoms with Crippen molar-refractivity contribution in [3.05, 3.63) is 11.4 Å². The fourth-order valence-corrected chi connectivity index (χ4v) is 4.43. The lowest BCUT2D eigenvalue weighted by molar-refractivity contribution is 0.0619. The quantitative estimate of drug-likeness (QED) is 0.925. The van der Waals surface area contributed by atoms with Gasteiger partial charge in [-0.2, -0.15) is 0 Å². The van der Waals surface area contributed by atoms with Crippen molar-refractivity contribution in [3.8, 4) is 0 Å². The van der Waals surface area contributed by atoms with E-state index in [1.807, 2.05) is 11.6 Å². The summed E-state index contributed by atoms with van der Waals surface area (Å²) >= 11 is 0. The Morgan fingerprint density at radius 3 is 2.61 bits per heavy atom. The molecule has 2 aliphatic heterocycles. The molecule has 126 valence electrons. The van der Waals surface area contributed by atoms with Crippen molar-refractivity contribution in [1.82, 2.24) is 25.2 Å². The third-order valence-electron chi connectivity index (χ3n) is 6.04. The summed E-state index contributed by atoms with van der Waals surface area (Å²) in [6.07, 6.45) is 8.32. The highest BCUT2D eigenvalue weighted by Crippen LogP contribution is 2.37. The number of likely N-dealkylation sites (tertiary alicyclic amines) is 1. The van der Waals surface area contributed by atoms with E-state index in [1.54, 1.807) is 0 Å². The SMILES string of the molecule is Cc1c(C(=O)N2CCCC2C2CCC2)nnn1C1CCNCC1. The molecule has 3 aliphatic rings. The summed E-state index contributed by atoms with van der Waals surface area (Å²) in [7, 11) is 0. The number of nitrogens with one attached hydrogen (secondary N) is 1. The van der Waals surface area contributed by atoms with Gasteiger partial charge in [0.2, 0.25) is 0 Å². The lowest BCUT2D eigenvalue weighted by Crippen LogP contribution is -2.42. The van der Waals surface area contributed by atoms with Gasteiger partial charge >= 0.3 is 0 Å². The second kappa shape index (κ2) is 6.23. The predicted molar refractivity (Wildman–Crippen MR) is 87.3 cm³/mol. The summed E-state index contributed by atoms with van der Waals surface area (Å²) in [5.74, 6) is 0.832. The number of piperidine rings is 1. The van der Waals surface area contributed by atoms with Crippen LogP contribution in [0, 0.1) is 12.8 Å². The molecule has 3 heterocycles. The van der Waals surface area contributed by atoms with E-state index in [0.29, 0.717) is 17.8 Å². The zero-order chi connectivity index (χ0) is 15.8. The van der Waals surface area contributed by atoms with E-state index in [0.717, 1.165) is 56.9 Å². The maximum Gasteiger partial charge on any atom is 0.276 e. The van der Waals surface area contributed by atoms with Crippen molar-refractivity contribution in [2.45, 2.75) is 64.0 Å². The Balaban J connectivity index is 1.53. The average Bonchev–Trinajstić information content (AvgIpc) is 3.13. The van der Waals surface area contributed by atoms with E-state index in [-0.39, 0.29) is 5.91 Å². The van der Waals surface area contributed by atoms with Crippen LogP contribution in [0.25, 0.3) is 0 Å². The molecule has 1 aromatic heterocycles. The van der Waals surface area contributed by atoms with E-state index in [9.17, 15) is 4.79 Å². The van der Waals surface area contributed by atoms with Crippen LogP contribution in [0.15, 0.2) is 0 Å². The summed E-state index contributed by atoms with van der Waals surface area (Å²) in [5.41, 5.74) is 1.52. The maximum atomic E-state index is 13.0. The molecule has 1 atom stereocenters. The van der Waals surface area contributed by atoms with Crippen molar-refractivity contribution in [3.63, 3.8) is 0 Å². The van der Waals surface area contributed by atoms with Gasteiger partial charge in [0, 0.05) is 12.6 Å². The first kappa shape index (κ1) is 15.1. The zero-order valence-corrected chi connectivity index (χ0v) is 14.0. The molecule has 23 heavy (non-hydrogen) atoms. The molecule has 0 spiro atoms. The smallest absolute Gasteiger partial charge is 0.276 e. The third kappa shape index (κ3) is 2.67. The van der Waals surface area contributed by atoms with Crippen LogP contribution in [0.4, 0.5) is 0 Å². The molecule has 1 amide bonds. The van der Waals surface area contributed by atoms with Gasteiger partial charge in [0.1, 0.15) is 0 Å². The second-order valence-electron chi connectivity index (χ2n) is 7.35. The Kier molecular flexibility index (Phi) is 4.09. The van der Waals surface area contributed by atoms with E-state index >= 15 is 0 Å². The molecular formula is C17H27N5O. The summed E-state index contributed by atoms with van der Waals surface area (Å²) in [6.45, 7) is 4.93. The van der Waals surface area contributed by atoms with Crippen LogP contribution in [-0.4, -0.2) is 51.5 Å².